The number of hydrogen-bond donors (Lipinski definition) is 3. The Hall–Kier alpha value is -4.67. The van der Waals surface area contributed by atoms with Gasteiger partial charge in [0.1, 0.15) is 22.9 Å². The molecule has 0 spiro atoms. The number of fused-ring (bicyclic) bond motifs is 2. The zero-order valence-electron chi connectivity index (χ0n) is 20.5. The molecule has 0 aliphatic carbocycles. The number of aromatic nitrogens is 3. The highest BCUT2D eigenvalue weighted by molar-refractivity contribution is 6.06. The van der Waals surface area contributed by atoms with Crippen LogP contribution in [0.5, 0.6) is 0 Å². The summed E-state index contributed by atoms with van der Waals surface area (Å²) in [5.74, 6) is -1.00. The third kappa shape index (κ3) is 4.70. The maximum atomic E-state index is 13.0. The molecule has 0 fully saturated rings. The molecule has 0 unspecified atom stereocenters. The van der Waals surface area contributed by atoms with Crippen LogP contribution < -0.4 is 16.4 Å². The molecule has 0 atom stereocenters. The lowest BCUT2D eigenvalue weighted by Crippen LogP contribution is -2.16. The molecule has 38 heavy (non-hydrogen) atoms. The number of halogens is 3. The van der Waals surface area contributed by atoms with Gasteiger partial charge in [-0.1, -0.05) is 23.8 Å². The summed E-state index contributed by atoms with van der Waals surface area (Å²) in [4.78, 5) is 29.2. The Bertz CT molecular complexity index is 1590. The number of carbonyl (C=O) groups is 2. The topological polar surface area (TPSA) is 115 Å². The van der Waals surface area contributed by atoms with Crippen LogP contribution in [0.2, 0.25) is 0 Å². The lowest BCUT2D eigenvalue weighted by molar-refractivity contribution is -0.137. The van der Waals surface area contributed by atoms with E-state index in [1.807, 2.05) is 19.1 Å². The first-order valence-electron chi connectivity index (χ1n) is 11.7. The molecule has 4 N–H and O–H groups in total. The molecular weight excluding hydrogens is 497 g/mol. The minimum absolute atomic E-state index is 0.219. The number of carbonyl (C=O) groups excluding carboxylic acids is 2. The number of benzene rings is 2. The molecule has 2 aromatic carbocycles. The van der Waals surface area contributed by atoms with E-state index in [9.17, 15) is 22.8 Å². The van der Waals surface area contributed by atoms with Gasteiger partial charge in [0.05, 0.1) is 5.56 Å². The van der Waals surface area contributed by atoms with E-state index in [-0.39, 0.29) is 16.9 Å². The van der Waals surface area contributed by atoms with Gasteiger partial charge in [-0.15, -0.1) is 0 Å². The number of nitrogens with one attached hydrogen (secondary N) is 2. The second-order valence-corrected chi connectivity index (χ2v) is 9.11. The van der Waals surface area contributed by atoms with Gasteiger partial charge in [0.15, 0.2) is 0 Å². The van der Waals surface area contributed by atoms with E-state index in [1.54, 1.807) is 23.7 Å². The van der Waals surface area contributed by atoms with Gasteiger partial charge in [-0.3, -0.25) is 9.59 Å². The number of anilines is 3. The van der Waals surface area contributed by atoms with E-state index in [4.69, 9.17) is 5.73 Å². The Morgan fingerprint density at radius 3 is 2.58 bits per heavy atom. The smallest absolute Gasteiger partial charge is 0.365 e. The van der Waals surface area contributed by atoms with Crippen molar-refractivity contribution in [3.05, 3.63) is 88.1 Å². The van der Waals surface area contributed by atoms with Crippen LogP contribution in [-0.2, 0) is 19.1 Å². The maximum Gasteiger partial charge on any atom is 0.416 e. The fourth-order valence-electron chi connectivity index (χ4n) is 4.52. The number of rotatable bonds is 4. The highest BCUT2D eigenvalue weighted by Crippen LogP contribution is 2.35. The first kappa shape index (κ1) is 25.0. The Labute approximate surface area is 215 Å². The molecule has 0 bridgehead atoms. The van der Waals surface area contributed by atoms with Gasteiger partial charge in [-0.05, 0) is 61.7 Å². The first-order chi connectivity index (χ1) is 18.0. The van der Waals surface area contributed by atoms with Crippen LogP contribution in [0, 0.1) is 13.8 Å². The molecule has 8 nitrogen and oxygen atoms in total. The lowest BCUT2D eigenvalue weighted by Gasteiger charge is -2.11. The number of alkyl halides is 3. The van der Waals surface area contributed by atoms with Crippen molar-refractivity contribution < 1.29 is 22.8 Å². The number of aryl methyl sites for hydroxylation is 4. The summed E-state index contributed by atoms with van der Waals surface area (Å²) >= 11 is 0. The molecule has 4 aromatic rings. The molecule has 1 aliphatic rings. The normalized spacial score (nSPS) is 12.7. The molecule has 0 saturated heterocycles. The van der Waals surface area contributed by atoms with E-state index in [2.05, 4.69) is 26.8 Å². The van der Waals surface area contributed by atoms with Gasteiger partial charge in [-0.25, -0.2) is 9.67 Å². The largest absolute Gasteiger partial charge is 0.416 e. The Morgan fingerprint density at radius 1 is 1.08 bits per heavy atom. The predicted octanol–water partition coefficient (Wildman–Crippen LogP) is 5.23. The average molecular weight is 521 g/mol. The Kier molecular flexibility index (Phi) is 6.14. The minimum Gasteiger partial charge on any atom is -0.365 e. The molecule has 5 rings (SSSR count). The second kappa shape index (κ2) is 9.33. The molecule has 0 saturated carbocycles. The van der Waals surface area contributed by atoms with Crippen molar-refractivity contribution in [2.24, 2.45) is 5.73 Å². The predicted molar refractivity (Wildman–Crippen MR) is 136 cm³/mol. The summed E-state index contributed by atoms with van der Waals surface area (Å²) in [7, 11) is 0. The average Bonchev–Trinajstić information content (AvgIpc) is 3.12. The van der Waals surface area contributed by atoms with Crippen LogP contribution in [0.15, 0.2) is 54.7 Å². The SMILES string of the molecule is Cc1ccc2c(c1)CCn1nc(-c3ccc(C(=O)Nc4cc(C(F)(F)F)ccn4)c(C)c3)c(C(N)=O)c1N2. The molecule has 11 heteroatoms. The van der Waals surface area contributed by atoms with Crippen LogP contribution in [0.3, 0.4) is 0 Å². The molecule has 2 amide bonds. The van der Waals surface area contributed by atoms with E-state index in [1.165, 1.54) is 6.07 Å². The van der Waals surface area contributed by atoms with Gasteiger partial charge >= 0.3 is 6.18 Å². The van der Waals surface area contributed by atoms with Crippen molar-refractivity contribution in [1.82, 2.24) is 14.8 Å². The fraction of sp³-hybridized carbons (Fsp3) is 0.185. The van der Waals surface area contributed by atoms with Gasteiger partial charge in [0, 0.05) is 29.6 Å². The number of hydrogen-bond acceptors (Lipinski definition) is 5. The van der Waals surface area contributed by atoms with Crippen LogP contribution in [0.1, 0.15) is 43.0 Å². The summed E-state index contributed by atoms with van der Waals surface area (Å²) in [6, 6.07) is 12.4. The quantitative estimate of drug-likeness (QED) is 0.341. The standard InChI is InChI=1S/C27H23F3N6O2/c1-14-3-6-20-16(11-14)8-10-36-25(33-20)22(24(31)37)23(35-36)17-4-5-19(15(2)12-17)26(38)34-21-13-18(7-9-32-21)27(28,29)30/h3-7,9,11-13,33H,8,10H2,1-2H3,(H2,31,37)(H,32,34,38). The number of nitrogens with two attached hydrogens (primary N) is 1. The molecule has 1 aliphatic heterocycles. The minimum atomic E-state index is -4.56. The molecule has 0 radical (unpaired) electrons. The Balaban J connectivity index is 1.46. The number of amides is 2. The van der Waals surface area contributed by atoms with Crippen LogP contribution in [0.4, 0.5) is 30.5 Å². The number of primary amides is 1. The molecule has 194 valence electrons. The summed E-state index contributed by atoms with van der Waals surface area (Å²) in [6.07, 6.45) is -2.87. The van der Waals surface area contributed by atoms with Gasteiger partial charge in [0.2, 0.25) is 0 Å². The molecule has 3 heterocycles. The lowest BCUT2D eigenvalue weighted by atomic mass is 10.00. The summed E-state index contributed by atoms with van der Waals surface area (Å²) in [5.41, 5.74) is 9.88. The van der Waals surface area contributed by atoms with Crippen molar-refractivity contribution in [3.8, 4) is 11.3 Å². The van der Waals surface area contributed by atoms with Crippen LogP contribution in [-0.4, -0.2) is 26.6 Å². The maximum absolute atomic E-state index is 13.0. The zero-order valence-corrected chi connectivity index (χ0v) is 20.5. The van der Waals surface area contributed by atoms with Crippen molar-refractivity contribution >= 4 is 29.1 Å². The van der Waals surface area contributed by atoms with Crippen molar-refractivity contribution in [2.45, 2.75) is 33.0 Å². The third-order valence-corrected chi connectivity index (χ3v) is 6.38. The monoisotopic (exact) mass is 520 g/mol. The van der Waals surface area contributed by atoms with Crippen molar-refractivity contribution in [2.75, 3.05) is 10.6 Å². The van der Waals surface area contributed by atoms with Crippen molar-refractivity contribution in [1.29, 1.82) is 0 Å². The highest BCUT2D eigenvalue weighted by atomic mass is 19.4. The molecule has 2 aromatic heterocycles. The number of pyridine rings is 1. The van der Waals surface area contributed by atoms with E-state index >= 15 is 0 Å². The fourth-order valence-corrected chi connectivity index (χ4v) is 4.52. The van der Waals surface area contributed by atoms with Gasteiger partial charge in [-0.2, -0.15) is 18.3 Å². The Morgan fingerprint density at radius 2 is 1.87 bits per heavy atom. The summed E-state index contributed by atoms with van der Waals surface area (Å²) in [6.45, 7) is 4.22. The molecular formula is C27H23F3N6O2. The number of nitrogens with zero attached hydrogens (tertiary/aromatic N) is 3. The highest BCUT2D eigenvalue weighted by Gasteiger charge is 2.31. The van der Waals surface area contributed by atoms with E-state index in [0.29, 0.717) is 35.6 Å². The third-order valence-electron chi connectivity index (χ3n) is 6.38. The second-order valence-electron chi connectivity index (χ2n) is 9.11. The van der Waals surface area contributed by atoms with Gasteiger partial charge < -0.3 is 16.4 Å². The van der Waals surface area contributed by atoms with E-state index in [0.717, 1.165) is 35.1 Å². The van der Waals surface area contributed by atoms with Crippen molar-refractivity contribution in [3.63, 3.8) is 0 Å². The summed E-state index contributed by atoms with van der Waals surface area (Å²) in [5, 5.41) is 10.4. The van der Waals surface area contributed by atoms with E-state index < -0.39 is 23.6 Å². The summed E-state index contributed by atoms with van der Waals surface area (Å²) < 4.78 is 40.7. The van der Waals surface area contributed by atoms with Gasteiger partial charge in [0.25, 0.3) is 11.8 Å². The van der Waals surface area contributed by atoms with Crippen LogP contribution >= 0.6 is 0 Å². The zero-order chi connectivity index (χ0) is 27.2. The first-order valence-corrected chi connectivity index (χ1v) is 11.7. The van der Waals surface area contributed by atoms with Crippen LogP contribution in [0.25, 0.3) is 11.3 Å².